The molecule has 2 nitrogen and oxygen atoms in total. The smallest absolute Gasteiger partial charge is 0.162 e. The van der Waals surface area contributed by atoms with Crippen molar-refractivity contribution in [3.8, 4) is 0 Å². The van der Waals surface area contributed by atoms with Gasteiger partial charge < -0.3 is 4.74 Å². The van der Waals surface area contributed by atoms with E-state index in [0.717, 1.165) is 5.56 Å². The summed E-state index contributed by atoms with van der Waals surface area (Å²) in [6.45, 7) is 4.14. The van der Waals surface area contributed by atoms with Gasteiger partial charge in [-0.2, -0.15) is 0 Å². The lowest BCUT2D eigenvalue weighted by Crippen LogP contribution is -2.12. The molecule has 78 valence electrons. The van der Waals surface area contributed by atoms with Gasteiger partial charge in [-0.25, -0.2) is 0 Å². The number of hydrogen-bond acceptors (Lipinski definition) is 2. The zero-order chi connectivity index (χ0) is 10.8. The summed E-state index contributed by atoms with van der Waals surface area (Å²) in [7, 11) is 0. The molecule has 1 heterocycles. The van der Waals surface area contributed by atoms with Crippen LogP contribution in [0.2, 0.25) is 0 Å². The van der Waals surface area contributed by atoms with Crippen LogP contribution in [0.4, 0.5) is 0 Å². The van der Waals surface area contributed by atoms with E-state index in [1.54, 1.807) is 0 Å². The van der Waals surface area contributed by atoms with Crippen molar-refractivity contribution in [1.29, 1.82) is 0 Å². The average Bonchev–Trinajstić information content (AvgIpc) is 2.22. The van der Waals surface area contributed by atoms with Crippen LogP contribution in [0.25, 0.3) is 0 Å². The largest absolute Gasteiger partial charge is 0.493 e. The monoisotopic (exact) mass is 202 g/mol. The number of carbonyl (C=O) groups excluding carboxylic acids is 1. The highest BCUT2D eigenvalue weighted by molar-refractivity contribution is 5.90. The molecule has 2 rings (SSSR count). The van der Waals surface area contributed by atoms with Crippen molar-refractivity contribution >= 4 is 5.78 Å². The fourth-order valence-corrected chi connectivity index (χ4v) is 1.81. The minimum absolute atomic E-state index is 0.109. The number of allylic oxidation sites excluding steroid dienone is 1. The van der Waals surface area contributed by atoms with Crippen molar-refractivity contribution in [3.63, 3.8) is 0 Å². The second kappa shape index (κ2) is 3.89. The van der Waals surface area contributed by atoms with Gasteiger partial charge in [0.25, 0.3) is 0 Å². The third-order valence-corrected chi connectivity index (χ3v) is 2.88. The lowest BCUT2D eigenvalue weighted by atomic mass is 9.95. The van der Waals surface area contributed by atoms with E-state index in [1.165, 1.54) is 23.5 Å². The van der Waals surface area contributed by atoms with E-state index in [2.05, 4.69) is 19.9 Å². The van der Waals surface area contributed by atoms with Gasteiger partial charge in [-0.3, -0.25) is 4.79 Å². The van der Waals surface area contributed by atoms with E-state index in [1.807, 2.05) is 12.1 Å². The van der Waals surface area contributed by atoms with Crippen LogP contribution in [0, 0.1) is 13.8 Å². The van der Waals surface area contributed by atoms with Crippen molar-refractivity contribution in [2.75, 3.05) is 0 Å². The Hall–Kier alpha value is -1.57. The lowest BCUT2D eigenvalue weighted by molar-refractivity contribution is -0.118. The van der Waals surface area contributed by atoms with Crippen molar-refractivity contribution < 1.29 is 9.53 Å². The average molecular weight is 202 g/mol. The zero-order valence-electron chi connectivity index (χ0n) is 8.99. The van der Waals surface area contributed by atoms with E-state index < -0.39 is 0 Å². The molecule has 0 aliphatic carbocycles. The minimum atomic E-state index is -0.109. The van der Waals surface area contributed by atoms with Crippen molar-refractivity contribution in [2.45, 2.75) is 26.4 Å². The molecule has 0 radical (unpaired) electrons. The predicted molar refractivity (Wildman–Crippen MR) is 58.5 cm³/mol. The normalized spacial score (nSPS) is 20.1. The Balaban J connectivity index is 2.34. The van der Waals surface area contributed by atoms with E-state index in [-0.39, 0.29) is 11.9 Å². The lowest BCUT2D eigenvalue weighted by Gasteiger charge is -2.21. The molecule has 15 heavy (non-hydrogen) atoms. The molecule has 0 aromatic heterocycles. The zero-order valence-corrected chi connectivity index (χ0v) is 8.99. The molecule has 0 amide bonds. The number of ether oxygens (including phenoxy) is 1. The minimum Gasteiger partial charge on any atom is -0.493 e. The Morgan fingerprint density at radius 3 is 2.87 bits per heavy atom. The maximum atomic E-state index is 11.3. The highest BCUT2D eigenvalue weighted by atomic mass is 16.5. The van der Waals surface area contributed by atoms with Crippen LogP contribution in [-0.2, 0) is 9.53 Å². The molecule has 0 saturated carbocycles. The van der Waals surface area contributed by atoms with Crippen LogP contribution in [0.1, 0.15) is 29.2 Å². The van der Waals surface area contributed by atoms with E-state index in [9.17, 15) is 4.79 Å². The number of hydrogen-bond donors (Lipinski definition) is 0. The summed E-state index contributed by atoms with van der Waals surface area (Å²) < 4.78 is 5.47. The quantitative estimate of drug-likeness (QED) is 0.700. The van der Waals surface area contributed by atoms with Crippen LogP contribution in [0.5, 0.6) is 0 Å². The SMILES string of the molecule is Cc1cccc(C2CC(=O)C=CO2)c1C. The molecule has 2 heteroatoms. The second-order valence-corrected chi connectivity index (χ2v) is 3.89. The molecule has 1 aliphatic rings. The number of aryl methyl sites for hydroxylation is 1. The Bertz CT molecular complexity index is 419. The maximum absolute atomic E-state index is 11.3. The van der Waals surface area contributed by atoms with E-state index in [4.69, 9.17) is 4.74 Å². The highest BCUT2D eigenvalue weighted by Gasteiger charge is 2.20. The van der Waals surface area contributed by atoms with Gasteiger partial charge in [0.15, 0.2) is 5.78 Å². The fourth-order valence-electron chi connectivity index (χ4n) is 1.81. The first-order valence-electron chi connectivity index (χ1n) is 5.09. The van der Waals surface area contributed by atoms with Crippen LogP contribution in [0.15, 0.2) is 30.5 Å². The Morgan fingerprint density at radius 1 is 1.33 bits per heavy atom. The third kappa shape index (κ3) is 1.94. The molecule has 0 fully saturated rings. The Kier molecular flexibility index (Phi) is 2.58. The van der Waals surface area contributed by atoms with Crippen LogP contribution in [0.3, 0.4) is 0 Å². The molecule has 0 N–H and O–H groups in total. The summed E-state index contributed by atoms with van der Waals surface area (Å²) in [5.74, 6) is 0.132. The number of benzene rings is 1. The maximum Gasteiger partial charge on any atom is 0.162 e. The summed E-state index contributed by atoms with van der Waals surface area (Å²) in [5.41, 5.74) is 3.57. The summed E-state index contributed by atoms with van der Waals surface area (Å²) in [4.78, 5) is 11.3. The van der Waals surface area contributed by atoms with Gasteiger partial charge in [-0.1, -0.05) is 18.2 Å². The molecule has 0 spiro atoms. The predicted octanol–water partition coefficient (Wildman–Crippen LogP) is 2.85. The van der Waals surface area contributed by atoms with Crippen molar-refractivity contribution in [3.05, 3.63) is 47.2 Å². The molecular formula is C13H14O2. The summed E-state index contributed by atoms with van der Waals surface area (Å²) in [6, 6.07) is 6.10. The Labute approximate surface area is 89.6 Å². The molecule has 0 bridgehead atoms. The molecule has 1 aromatic carbocycles. The first kappa shape index (κ1) is 9.97. The van der Waals surface area contributed by atoms with Gasteiger partial charge in [0.2, 0.25) is 0 Å². The molecule has 1 unspecified atom stereocenters. The van der Waals surface area contributed by atoms with Gasteiger partial charge >= 0.3 is 0 Å². The van der Waals surface area contributed by atoms with Gasteiger partial charge in [-0.05, 0) is 30.5 Å². The summed E-state index contributed by atoms with van der Waals surface area (Å²) >= 11 is 0. The van der Waals surface area contributed by atoms with Crippen molar-refractivity contribution in [1.82, 2.24) is 0 Å². The molecule has 0 saturated heterocycles. The van der Waals surface area contributed by atoms with Gasteiger partial charge in [0.1, 0.15) is 6.10 Å². The first-order chi connectivity index (χ1) is 7.18. The molecular weight excluding hydrogens is 188 g/mol. The summed E-state index contributed by atoms with van der Waals surface area (Å²) in [5, 5.41) is 0. The first-order valence-corrected chi connectivity index (χ1v) is 5.09. The van der Waals surface area contributed by atoms with Crippen LogP contribution < -0.4 is 0 Å². The van der Waals surface area contributed by atoms with Gasteiger partial charge in [0, 0.05) is 6.08 Å². The van der Waals surface area contributed by atoms with Crippen molar-refractivity contribution in [2.24, 2.45) is 0 Å². The molecule has 1 aromatic rings. The second-order valence-electron chi connectivity index (χ2n) is 3.89. The van der Waals surface area contributed by atoms with Crippen LogP contribution in [-0.4, -0.2) is 5.78 Å². The van der Waals surface area contributed by atoms with Gasteiger partial charge in [0.05, 0.1) is 12.7 Å². The van der Waals surface area contributed by atoms with Gasteiger partial charge in [-0.15, -0.1) is 0 Å². The van der Waals surface area contributed by atoms with E-state index in [0.29, 0.717) is 6.42 Å². The standard InChI is InChI=1S/C13H14O2/c1-9-4-3-5-12(10(9)2)13-8-11(14)6-7-15-13/h3-7,13H,8H2,1-2H3. The van der Waals surface area contributed by atoms with E-state index >= 15 is 0 Å². The number of rotatable bonds is 1. The third-order valence-electron chi connectivity index (χ3n) is 2.88. The highest BCUT2D eigenvalue weighted by Crippen LogP contribution is 2.28. The number of ketones is 1. The summed E-state index contributed by atoms with van der Waals surface area (Å²) in [6.07, 6.45) is 3.32. The topological polar surface area (TPSA) is 26.3 Å². The van der Waals surface area contributed by atoms with Crippen LogP contribution >= 0.6 is 0 Å². The molecule has 1 atom stereocenters. The number of carbonyl (C=O) groups is 1. The molecule has 1 aliphatic heterocycles. The Morgan fingerprint density at radius 2 is 2.13 bits per heavy atom. The fraction of sp³-hybridized carbons (Fsp3) is 0.308.